The van der Waals surface area contributed by atoms with E-state index in [2.05, 4.69) is 53.9 Å². The minimum Gasteiger partial charge on any atom is -0.356 e. The zero-order valence-electron chi connectivity index (χ0n) is 18.0. The van der Waals surface area contributed by atoms with E-state index in [1.54, 1.807) is 6.08 Å². The topological polar surface area (TPSA) is 46.2 Å². The Morgan fingerprint density at radius 1 is 1.03 bits per heavy atom. The molecule has 0 aromatic heterocycles. The largest absolute Gasteiger partial charge is 0.356 e. The molecule has 0 bridgehead atoms. The number of nitrogens with one attached hydrogen (secondary N) is 1. The number of allylic oxidation sites excluding steroid dienone is 6. The summed E-state index contributed by atoms with van der Waals surface area (Å²) in [5.41, 5.74) is 1.38. The van der Waals surface area contributed by atoms with E-state index >= 15 is 0 Å². The fourth-order valence-electron chi connectivity index (χ4n) is 3.86. The van der Waals surface area contributed by atoms with Crippen LogP contribution in [-0.2, 0) is 16.0 Å². The summed E-state index contributed by atoms with van der Waals surface area (Å²) >= 11 is 0. The maximum Gasteiger partial charge on any atom is 0.220 e. The lowest BCUT2D eigenvalue weighted by Crippen LogP contribution is -2.24. The van der Waals surface area contributed by atoms with Gasteiger partial charge < -0.3 is 5.32 Å². The molecule has 1 N–H and O–H groups in total. The Morgan fingerprint density at radius 2 is 1.83 bits per heavy atom. The summed E-state index contributed by atoms with van der Waals surface area (Å²) in [7, 11) is 0. The van der Waals surface area contributed by atoms with Crippen LogP contribution >= 0.6 is 0 Å². The third-order valence-electron chi connectivity index (χ3n) is 5.97. The van der Waals surface area contributed by atoms with E-state index in [0.717, 1.165) is 51.0 Å². The lowest BCUT2D eigenvalue weighted by molar-refractivity contribution is -0.121. The Kier molecular flexibility index (Phi) is 9.14. The first-order valence-corrected chi connectivity index (χ1v) is 11.6. The highest BCUT2D eigenvalue weighted by Gasteiger charge is 2.26. The number of carbonyl (C=O) groups excluding carboxylic acids is 2. The monoisotopic (exact) mass is 405 g/mol. The van der Waals surface area contributed by atoms with Gasteiger partial charge in [0.1, 0.15) is 0 Å². The van der Waals surface area contributed by atoms with Crippen molar-refractivity contribution in [1.29, 1.82) is 0 Å². The first-order valence-electron chi connectivity index (χ1n) is 11.6. The maximum absolute atomic E-state index is 12.2. The standard InChI is InChI=1S/C27H35NO2/c29-26-20-19-24(14-8-4-7-13-22-11-5-3-6-12-22)25(26)15-9-1-2-10-16-27(30)28-21-23-17-18-23/h1,3,5-6,8-9,11-12,14,19-20,23-25H,2,4,7,10,13,15-18,21H2,(H,28,30)/b9-1-,14-8+/t24-,25+/m0/s1. The predicted octanol–water partition coefficient (Wildman–Crippen LogP) is 5.58. The molecule has 0 spiro atoms. The molecule has 0 aliphatic heterocycles. The van der Waals surface area contributed by atoms with Gasteiger partial charge in [-0.05, 0) is 68.9 Å². The van der Waals surface area contributed by atoms with Gasteiger partial charge in [0.2, 0.25) is 5.91 Å². The van der Waals surface area contributed by atoms with Crippen LogP contribution in [0.4, 0.5) is 0 Å². The van der Waals surface area contributed by atoms with Crippen LogP contribution in [0.15, 0.2) is 66.8 Å². The number of aryl methyl sites for hydroxylation is 1. The number of rotatable bonds is 13. The summed E-state index contributed by atoms with van der Waals surface area (Å²) in [5.74, 6) is 1.39. The molecule has 2 atom stereocenters. The molecule has 3 heteroatoms. The van der Waals surface area contributed by atoms with E-state index in [4.69, 9.17) is 0 Å². The summed E-state index contributed by atoms with van der Waals surface area (Å²) in [6, 6.07) is 10.6. The molecule has 160 valence electrons. The van der Waals surface area contributed by atoms with Crippen molar-refractivity contribution in [3.05, 3.63) is 72.4 Å². The third kappa shape index (κ3) is 8.14. The van der Waals surface area contributed by atoms with Gasteiger partial charge in [0.25, 0.3) is 0 Å². The molecule has 0 unspecified atom stereocenters. The van der Waals surface area contributed by atoms with Gasteiger partial charge in [-0.25, -0.2) is 0 Å². The molecule has 0 radical (unpaired) electrons. The molecule has 1 aromatic carbocycles. The van der Waals surface area contributed by atoms with E-state index in [9.17, 15) is 9.59 Å². The lowest BCUT2D eigenvalue weighted by Gasteiger charge is -2.12. The van der Waals surface area contributed by atoms with Crippen LogP contribution in [0.3, 0.4) is 0 Å². The summed E-state index contributed by atoms with van der Waals surface area (Å²) in [4.78, 5) is 23.9. The summed E-state index contributed by atoms with van der Waals surface area (Å²) in [6.45, 7) is 0.854. The van der Waals surface area contributed by atoms with Crippen molar-refractivity contribution in [3.63, 3.8) is 0 Å². The second kappa shape index (κ2) is 12.3. The molecule has 2 aliphatic carbocycles. The number of benzene rings is 1. The van der Waals surface area contributed by atoms with Crippen molar-refractivity contribution >= 4 is 11.7 Å². The molecule has 3 nitrogen and oxygen atoms in total. The lowest BCUT2D eigenvalue weighted by atomic mass is 9.90. The Labute approximate surface area is 181 Å². The molecule has 2 aliphatic rings. The van der Waals surface area contributed by atoms with Crippen LogP contribution in [0.25, 0.3) is 0 Å². The van der Waals surface area contributed by atoms with Crippen molar-refractivity contribution < 1.29 is 9.59 Å². The van der Waals surface area contributed by atoms with Crippen LogP contribution < -0.4 is 5.32 Å². The highest BCUT2D eigenvalue weighted by atomic mass is 16.1. The van der Waals surface area contributed by atoms with Crippen molar-refractivity contribution in [2.75, 3.05) is 6.54 Å². The molecule has 1 amide bonds. The van der Waals surface area contributed by atoms with Crippen molar-refractivity contribution in [2.24, 2.45) is 17.8 Å². The fourth-order valence-corrected chi connectivity index (χ4v) is 3.86. The zero-order chi connectivity index (χ0) is 21.0. The average molecular weight is 406 g/mol. The highest BCUT2D eigenvalue weighted by molar-refractivity contribution is 5.95. The summed E-state index contributed by atoms with van der Waals surface area (Å²) < 4.78 is 0. The van der Waals surface area contributed by atoms with E-state index < -0.39 is 0 Å². The van der Waals surface area contributed by atoms with Gasteiger partial charge in [0.15, 0.2) is 5.78 Å². The zero-order valence-corrected chi connectivity index (χ0v) is 18.0. The minimum absolute atomic E-state index is 0.0356. The van der Waals surface area contributed by atoms with Gasteiger partial charge in [-0.15, -0.1) is 0 Å². The van der Waals surface area contributed by atoms with Gasteiger partial charge in [-0.2, -0.15) is 0 Å². The van der Waals surface area contributed by atoms with Gasteiger partial charge in [-0.3, -0.25) is 9.59 Å². The Balaban J connectivity index is 1.29. The Morgan fingerprint density at radius 3 is 2.63 bits per heavy atom. The smallest absolute Gasteiger partial charge is 0.220 e. The number of ketones is 1. The molecule has 30 heavy (non-hydrogen) atoms. The predicted molar refractivity (Wildman–Crippen MR) is 123 cm³/mol. The van der Waals surface area contributed by atoms with E-state index in [0.29, 0.717) is 6.42 Å². The van der Waals surface area contributed by atoms with Gasteiger partial charge in [0.05, 0.1) is 0 Å². The van der Waals surface area contributed by atoms with Crippen LogP contribution in [0.2, 0.25) is 0 Å². The van der Waals surface area contributed by atoms with Gasteiger partial charge in [-0.1, -0.05) is 60.7 Å². The molecular weight excluding hydrogens is 370 g/mol. The van der Waals surface area contributed by atoms with Gasteiger partial charge in [0, 0.05) is 24.8 Å². The summed E-state index contributed by atoms with van der Waals surface area (Å²) in [6.07, 6.45) is 21.4. The SMILES string of the molecule is O=C(CCC/C=C\C[C@H]1C(=O)C=C[C@@H]1/C=C/CCCc1ccccc1)NCC1CC1. The first-order chi connectivity index (χ1) is 14.7. The van der Waals surface area contributed by atoms with Crippen molar-refractivity contribution in [2.45, 2.75) is 57.8 Å². The number of amides is 1. The van der Waals surface area contributed by atoms with E-state index in [-0.39, 0.29) is 23.5 Å². The number of hydrogen-bond acceptors (Lipinski definition) is 2. The Bertz CT molecular complexity index is 758. The number of hydrogen-bond donors (Lipinski definition) is 1. The molecule has 0 heterocycles. The average Bonchev–Trinajstić information content (AvgIpc) is 3.53. The molecule has 1 aromatic rings. The fraction of sp³-hybridized carbons (Fsp3) is 0.481. The first kappa shape index (κ1) is 22.3. The maximum atomic E-state index is 12.2. The molecular formula is C27H35NO2. The second-order valence-electron chi connectivity index (χ2n) is 8.60. The molecule has 1 fully saturated rings. The number of unbranched alkanes of at least 4 members (excludes halogenated alkanes) is 2. The van der Waals surface area contributed by atoms with Crippen LogP contribution in [0.5, 0.6) is 0 Å². The molecule has 1 saturated carbocycles. The highest BCUT2D eigenvalue weighted by Crippen LogP contribution is 2.28. The van der Waals surface area contributed by atoms with Crippen LogP contribution in [-0.4, -0.2) is 18.2 Å². The number of carbonyl (C=O) groups is 2. The minimum atomic E-state index is 0.0356. The van der Waals surface area contributed by atoms with Crippen LogP contribution in [0, 0.1) is 17.8 Å². The molecule has 3 rings (SSSR count). The van der Waals surface area contributed by atoms with E-state index in [1.807, 2.05) is 12.1 Å². The Hall–Kier alpha value is -2.42. The second-order valence-corrected chi connectivity index (χ2v) is 8.60. The van der Waals surface area contributed by atoms with Crippen molar-refractivity contribution in [1.82, 2.24) is 5.32 Å². The third-order valence-corrected chi connectivity index (χ3v) is 5.97. The quantitative estimate of drug-likeness (QED) is 0.344. The van der Waals surface area contributed by atoms with E-state index in [1.165, 1.54) is 18.4 Å². The van der Waals surface area contributed by atoms with Crippen molar-refractivity contribution in [3.8, 4) is 0 Å². The summed E-state index contributed by atoms with van der Waals surface area (Å²) in [5, 5.41) is 3.01. The molecule has 0 saturated heterocycles. The normalized spacial score (nSPS) is 21.1. The van der Waals surface area contributed by atoms with Gasteiger partial charge >= 0.3 is 0 Å². The van der Waals surface area contributed by atoms with Crippen LogP contribution in [0.1, 0.15) is 56.9 Å².